The average molecular weight is 427 g/mol. The number of aryl methyl sites for hydroxylation is 2. The van der Waals surface area contributed by atoms with Gasteiger partial charge in [-0.25, -0.2) is 10.3 Å². The van der Waals surface area contributed by atoms with Crippen LogP contribution in [-0.2, 0) is 0 Å². The molecule has 0 unspecified atom stereocenters. The third kappa shape index (κ3) is 5.45. The first-order chi connectivity index (χ1) is 14.0. The Morgan fingerprint density at radius 1 is 0.733 bits per heavy atom. The van der Waals surface area contributed by atoms with Crippen LogP contribution in [0.4, 0.5) is 11.4 Å². The molecule has 158 valence electrons. The van der Waals surface area contributed by atoms with Crippen LogP contribution >= 0.6 is 0 Å². The van der Waals surface area contributed by atoms with E-state index in [1.54, 1.807) is 21.3 Å². The number of benzene rings is 3. The van der Waals surface area contributed by atoms with E-state index in [1.165, 1.54) is 11.1 Å². The summed E-state index contributed by atoms with van der Waals surface area (Å²) >= 11 is 0. The van der Waals surface area contributed by atoms with Gasteiger partial charge in [0.15, 0.2) is 11.5 Å². The Labute approximate surface area is 184 Å². The molecule has 0 saturated heterocycles. The van der Waals surface area contributed by atoms with Gasteiger partial charge < -0.3 is 26.6 Å². The molecule has 3 aromatic carbocycles. The van der Waals surface area contributed by atoms with Crippen molar-refractivity contribution in [3.8, 4) is 17.2 Å². The van der Waals surface area contributed by atoms with Crippen molar-refractivity contribution in [1.29, 1.82) is 0 Å². The molecule has 0 bridgehead atoms. The molecule has 0 aliphatic carbocycles. The monoisotopic (exact) mass is 426 g/mol. The third-order valence-corrected chi connectivity index (χ3v) is 4.60. The molecule has 3 aromatic rings. The number of methoxy groups -OCH3 is 3. The lowest BCUT2D eigenvalue weighted by atomic mass is 10.1. The number of ether oxygens (including phenoxy) is 3. The van der Waals surface area contributed by atoms with Crippen molar-refractivity contribution >= 4 is 17.2 Å². The van der Waals surface area contributed by atoms with Crippen molar-refractivity contribution in [3.63, 3.8) is 0 Å². The number of nitrogens with one attached hydrogen (secondary N) is 2. The molecule has 6 heteroatoms. The van der Waals surface area contributed by atoms with Gasteiger partial charge in [0.2, 0.25) is 5.75 Å². The Morgan fingerprint density at radius 3 is 1.70 bits per heavy atom. The lowest BCUT2D eigenvalue weighted by molar-refractivity contribution is -0.353. The Kier molecular flexibility index (Phi) is 8.13. The molecule has 0 aliphatic rings. The second-order valence-corrected chi connectivity index (χ2v) is 6.77. The predicted octanol–water partition coefficient (Wildman–Crippen LogP) is 0.604. The fourth-order valence-corrected chi connectivity index (χ4v) is 2.96. The summed E-state index contributed by atoms with van der Waals surface area (Å²) in [4.78, 5) is 3.48. The van der Waals surface area contributed by atoms with Gasteiger partial charge in [0.1, 0.15) is 11.4 Å². The molecule has 0 radical (unpaired) electrons. The highest BCUT2D eigenvalue weighted by molar-refractivity contribution is 6.05. The standard InChI is InChI=1S/C24H26N2O3.ClH/c1-16-6-10-19(11-7-16)25-24(26-20-12-8-17(2)9-13-20)18-14-21(27-3)23(29-5)22(15-18)28-4;/h6-15H,1-5H3,(H,25,26);1H. The Morgan fingerprint density at radius 2 is 1.23 bits per heavy atom. The van der Waals surface area contributed by atoms with E-state index >= 15 is 0 Å². The first kappa shape index (κ1) is 23.1. The van der Waals surface area contributed by atoms with Crippen LogP contribution in [0.3, 0.4) is 0 Å². The molecule has 0 saturated carbocycles. The van der Waals surface area contributed by atoms with Crippen LogP contribution < -0.4 is 36.9 Å². The van der Waals surface area contributed by atoms with Gasteiger partial charge >= 0.3 is 0 Å². The minimum Gasteiger partial charge on any atom is -1.00 e. The topological polar surface area (TPSA) is 53.7 Å². The maximum atomic E-state index is 5.53. The predicted molar refractivity (Wildman–Crippen MR) is 117 cm³/mol. The second kappa shape index (κ2) is 10.6. The minimum absolute atomic E-state index is 0. The van der Waals surface area contributed by atoms with E-state index in [-0.39, 0.29) is 12.4 Å². The maximum absolute atomic E-state index is 5.53. The second-order valence-electron chi connectivity index (χ2n) is 6.77. The van der Waals surface area contributed by atoms with Gasteiger partial charge in [0.05, 0.1) is 26.9 Å². The number of halogens is 1. The van der Waals surface area contributed by atoms with E-state index in [9.17, 15) is 0 Å². The van der Waals surface area contributed by atoms with Crippen LogP contribution in [0.25, 0.3) is 0 Å². The van der Waals surface area contributed by atoms with Crippen LogP contribution in [0.2, 0.25) is 0 Å². The highest BCUT2D eigenvalue weighted by atomic mass is 35.5. The zero-order chi connectivity index (χ0) is 20.8. The molecular formula is C24H27ClN2O3. The summed E-state index contributed by atoms with van der Waals surface area (Å²) in [7, 11) is 4.82. The molecule has 0 atom stereocenters. The summed E-state index contributed by atoms with van der Waals surface area (Å²) in [6.07, 6.45) is 0. The van der Waals surface area contributed by atoms with E-state index in [4.69, 9.17) is 14.2 Å². The Hall–Kier alpha value is -3.18. The minimum atomic E-state index is 0. The number of hydrogen-bond acceptors (Lipinski definition) is 3. The zero-order valence-corrected chi connectivity index (χ0v) is 18.6. The third-order valence-electron chi connectivity index (χ3n) is 4.60. The van der Waals surface area contributed by atoms with E-state index in [0.717, 1.165) is 22.8 Å². The summed E-state index contributed by atoms with van der Waals surface area (Å²) in [6, 6.07) is 20.3. The van der Waals surface area contributed by atoms with Crippen molar-refractivity contribution in [3.05, 3.63) is 77.4 Å². The summed E-state index contributed by atoms with van der Waals surface area (Å²) in [6.45, 7) is 4.14. The molecule has 0 heterocycles. The molecule has 2 N–H and O–H groups in total. The van der Waals surface area contributed by atoms with Crippen LogP contribution in [0.5, 0.6) is 17.2 Å². The van der Waals surface area contributed by atoms with Crippen molar-refractivity contribution < 1.29 is 31.6 Å². The molecular weight excluding hydrogens is 400 g/mol. The van der Waals surface area contributed by atoms with E-state index in [0.29, 0.717) is 17.2 Å². The Bertz CT molecular complexity index is 975. The summed E-state index contributed by atoms with van der Waals surface area (Å²) in [5.74, 6) is 2.55. The van der Waals surface area contributed by atoms with Gasteiger partial charge in [-0.1, -0.05) is 35.4 Å². The lowest BCUT2D eigenvalue weighted by Gasteiger charge is -2.14. The molecule has 30 heavy (non-hydrogen) atoms. The maximum Gasteiger partial charge on any atom is 0.285 e. The van der Waals surface area contributed by atoms with Crippen LogP contribution in [0, 0.1) is 13.8 Å². The van der Waals surface area contributed by atoms with E-state index in [1.807, 2.05) is 36.4 Å². The molecule has 0 aromatic heterocycles. The SMILES string of the molecule is COc1cc(C(Nc2ccc(C)cc2)=[NH+]c2ccc(C)cc2)cc(OC)c1OC.[Cl-]. The largest absolute Gasteiger partial charge is 1.00 e. The first-order valence-electron chi connectivity index (χ1n) is 9.38. The molecule has 0 amide bonds. The number of rotatable bonds is 6. The smallest absolute Gasteiger partial charge is 0.285 e. The van der Waals surface area contributed by atoms with Crippen LogP contribution in [0.15, 0.2) is 60.7 Å². The average Bonchev–Trinajstić information content (AvgIpc) is 2.75. The fourth-order valence-electron chi connectivity index (χ4n) is 2.96. The van der Waals surface area contributed by atoms with Crippen LogP contribution in [0.1, 0.15) is 16.7 Å². The molecule has 3 rings (SSSR count). The molecule has 0 spiro atoms. The van der Waals surface area contributed by atoms with Crippen molar-refractivity contribution in [2.45, 2.75) is 13.8 Å². The highest BCUT2D eigenvalue weighted by Gasteiger charge is 2.20. The van der Waals surface area contributed by atoms with Crippen LogP contribution in [-0.4, -0.2) is 27.2 Å². The van der Waals surface area contributed by atoms with Crippen molar-refractivity contribution in [2.75, 3.05) is 26.6 Å². The zero-order valence-electron chi connectivity index (χ0n) is 17.9. The number of amidine groups is 1. The lowest BCUT2D eigenvalue weighted by Crippen LogP contribution is -3.00. The van der Waals surface area contributed by atoms with Gasteiger partial charge in [-0.3, -0.25) is 0 Å². The molecule has 5 nitrogen and oxygen atoms in total. The molecule has 0 aliphatic heterocycles. The van der Waals surface area contributed by atoms with Gasteiger partial charge in [0.25, 0.3) is 5.84 Å². The quantitative estimate of drug-likeness (QED) is 0.448. The van der Waals surface area contributed by atoms with Gasteiger partial charge in [0, 0.05) is 0 Å². The van der Waals surface area contributed by atoms with Gasteiger partial charge in [-0.05, 0) is 50.2 Å². The normalized spacial score (nSPS) is 10.8. The van der Waals surface area contributed by atoms with E-state index in [2.05, 4.69) is 48.4 Å². The van der Waals surface area contributed by atoms with Crippen molar-refractivity contribution in [2.24, 2.45) is 0 Å². The Balaban J connectivity index is 0.00000320. The van der Waals surface area contributed by atoms with E-state index < -0.39 is 0 Å². The summed E-state index contributed by atoms with van der Waals surface area (Å²) < 4.78 is 16.5. The molecule has 0 fully saturated rings. The summed E-state index contributed by atoms with van der Waals surface area (Å²) in [5.41, 5.74) is 5.23. The summed E-state index contributed by atoms with van der Waals surface area (Å²) in [5, 5.41) is 3.48. The first-order valence-corrected chi connectivity index (χ1v) is 9.38. The number of anilines is 1. The van der Waals surface area contributed by atoms with Gasteiger partial charge in [-0.15, -0.1) is 0 Å². The van der Waals surface area contributed by atoms with Crippen molar-refractivity contribution in [1.82, 2.24) is 0 Å². The number of hydrogen-bond donors (Lipinski definition) is 2. The van der Waals surface area contributed by atoms with Gasteiger partial charge in [-0.2, -0.15) is 0 Å². The fraction of sp³-hybridized carbons (Fsp3) is 0.208. The highest BCUT2D eigenvalue weighted by Crippen LogP contribution is 2.38.